The molecule has 0 aliphatic heterocycles. The van der Waals surface area contributed by atoms with Gasteiger partial charge in [-0.15, -0.1) is 0 Å². The van der Waals surface area contributed by atoms with Gasteiger partial charge in [-0.2, -0.15) is 0 Å². The third kappa shape index (κ3) is 3.84. The van der Waals surface area contributed by atoms with Crippen LogP contribution in [0.4, 0.5) is 11.6 Å². The highest BCUT2D eigenvalue weighted by molar-refractivity contribution is 5.57. The lowest BCUT2D eigenvalue weighted by Crippen LogP contribution is -2.29. The van der Waals surface area contributed by atoms with Crippen molar-refractivity contribution in [2.45, 2.75) is 70.9 Å². The van der Waals surface area contributed by atoms with Gasteiger partial charge in [0, 0.05) is 24.1 Å². The Kier molecular flexibility index (Phi) is 4.71. The summed E-state index contributed by atoms with van der Waals surface area (Å²) in [6.07, 6.45) is 3.58. The Morgan fingerprint density at radius 1 is 1.05 bits per heavy atom. The fourth-order valence-electron chi connectivity index (χ4n) is 2.65. The van der Waals surface area contributed by atoms with Gasteiger partial charge in [0.2, 0.25) is 0 Å². The first-order valence-corrected chi connectivity index (χ1v) is 7.82. The molecule has 0 saturated heterocycles. The summed E-state index contributed by atoms with van der Waals surface area (Å²) in [6, 6.07) is 0.388. The van der Waals surface area contributed by atoms with Gasteiger partial charge in [-0.3, -0.25) is 0 Å². The predicted octanol–water partition coefficient (Wildman–Crippen LogP) is 2.84. The number of nitrogens with one attached hydrogen (secondary N) is 2. The minimum Gasteiger partial charge on any atom is -0.393 e. The Labute approximate surface area is 127 Å². The van der Waals surface area contributed by atoms with Crippen LogP contribution in [0.1, 0.15) is 57.8 Å². The van der Waals surface area contributed by atoms with Gasteiger partial charge in [-0.05, 0) is 32.6 Å². The number of aliphatic hydroxyl groups is 1. The first kappa shape index (κ1) is 16.0. The summed E-state index contributed by atoms with van der Waals surface area (Å²) in [7, 11) is 1.89. The molecule has 21 heavy (non-hydrogen) atoms. The molecule has 5 nitrogen and oxygen atoms in total. The lowest BCUT2D eigenvalue weighted by Gasteiger charge is -2.28. The molecule has 0 amide bonds. The van der Waals surface area contributed by atoms with Crippen LogP contribution in [0.2, 0.25) is 0 Å². The molecule has 0 atom stereocenters. The van der Waals surface area contributed by atoms with Crippen LogP contribution in [-0.4, -0.2) is 34.3 Å². The van der Waals surface area contributed by atoms with Crippen LogP contribution in [0, 0.1) is 6.92 Å². The van der Waals surface area contributed by atoms with E-state index < -0.39 is 0 Å². The van der Waals surface area contributed by atoms with E-state index >= 15 is 0 Å². The zero-order valence-corrected chi connectivity index (χ0v) is 13.8. The smallest absolute Gasteiger partial charge is 0.138 e. The first-order chi connectivity index (χ1) is 9.81. The number of nitrogens with zero attached hydrogens (tertiary/aromatic N) is 2. The number of hydrogen-bond donors (Lipinski definition) is 3. The minimum atomic E-state index is -0.132. The topological polar surface area (TPSA) is 70.1 Å². The van der Waals surface area contributed by atoms with Crippen LogP contribution in [-0.2, 0) is 5.41 Å². The zero-order chi connectivity index (χ0) is 15.6. The molecule has 1 fully saturated rings. The number of aromatic nitrogens is 2. The lowest BCUT2D eigenvalue weighted by molar-refractivity contribution is 0.126. The molecule has 1 heterocycles. The molecule has 0 unspecified atom stereocenters. The quantitative estimate of drug-likeness (QED) is 0.799. The van der Waals surface area contributed by atoms with E-state index in [1.165, 1.54) is 0 Å². The van der Waals surface area contributed by atoms with Gasteiger partial charge in [-0.1, -0.05) is 20.8 Å². The second-order valence-corrected chi connectivity index (χ2v) is 7.02. The lowest BCUT2D eigenvalue weighted by atomic mass is 9.93. The monoisotopic (exact) mass is 292 g/mol. The van der Waals surface area contributed by atoms with Crippen LogP contribution in [0.25, 0.3) is 0 Å². The van der Waals surface area contributed by atoms with E-state index in [2.05, 4.69) is 36.4 Å². The summed E-state index contributed by atoms with van der Waals surface area (Å²) in [5, 5.41) is 16.3. The normalized spacial score (nSPS) is 23.0. The summed E-state index contributed by atoms with van der Waals surface area (Å²) in [5.74, 6) is 2.64. The highest BCUT2D eigenvalue weighted by atomic mass is 16.3. The molecule has 0 radical (unpaired) electrons. The van der Waals surface area contributed by atoms with Crippen molar-refractivity contribution in [1.82, 2.24) is 9.97 Å². The Balaban J connectivity index is 2.25. The van der Waals surface area contributed by atoms with Crippen molar-refractivity contribution < 1.29 is 5.11 Å². The average Bonchev–Trinajstić information content (AvgIpc) is 2.42. The number of anilines is 2. The summed E-state index contributed by atoms with van der Waals surface area (Å²) in [4.78, 5) is 9.37. The minimum absolute atomic E-state index is 0.0848. The Hall–Kier alpha value is -1.36. The van der Waals surface area contributed by atoms with Gasteiger partial charge in [0.15, 0.2) is 0 Å². The van der Waals surface area contributed by atoms with Gasteiger partial charge in [0.05, 0.1) is 6.10 Å². The van der Waals surface area contributed by atoms with Crippen molar-refractivity contribution in [3.05, 3.63) is 11.4 Å². The molecule has 118 valence electrons. The largest absolute Gasteiger partial charge is 0.393 e. The van der Waals surface area contributed by atoms with Gasteiger partial charge in [-0.25, -0.2) is 9.97 Å². The molecule has 1 saturated carbocycles. The second-order valence-electron chi connectivity index (χ2n) is 7.02. The molecule has 0 spiro atoms. The van der Waals surface area contributed by atoms with E-state index in [-0.39, 0.29) is 11.5 Å². The highest BCUT2D eigenvalue weighted by Crippen LogP contribution is 2.28. The highest BCUT2D eigenvalue weighted by Gasteiger charge is 2.24. The summed E-state index contributed by atoms with van der Waals surface area (Å²) in [6.45, 7) is 8.41. The number of hydrogen-bond acceptors (Lipinski definition) is 5. The van der Waals surface area contributed by atoms with E-state index in [1.54, 1.807) is 0 Å². The molecule has 0 bridgehead atoms. The van der Waals surface area contributed by atoms with Gasteiger partial charge in [0.1, 0.15) is 17.5 Å². The van der Waals surface area contributed by atoms with E-state index in [9.17, 15) is 5.11 Å². The summed E-state index contributed by atoms with van der Waals surface area (Å²) in [5.41, 5.74) is 0.968. The van der Waals surface area contributed by atoms with E-state index in [0.29, 0.717) is 6.04 Å². The maximum atomic E-state index is 9.62. The molecule has 1 aliphatic carbocycles. The van der Waals surface area contributed by atoms with Gasteiger partial charge in [0.25, 0.3) is 0 Å². The fraction of sp³-hybridized carbons (Fsp3) is 0.750. The van der Waals surface area contributed by atoms with Crippen molar-refractivity contribution in [2.24, 2.45) is 0 Å². The molecule has 1 aliphatic rings. The first-order valence-electron chi connectivity index (χ1n) is 7.82. The number of rotatable bonds is 3. The maximum Gasteiger partial charge on any atom is 0.138 e. The van der Waals surface area contributed by atoms with Crippen LogP contribution in [0.5, 0.6) is 0 Å². The van der Waals surface area contributed by atoms with Gasteiger partial charge >= 0.3 is 0 Å². The van der Waals surface area contributed by atoms with E-state index in [0.717, 1.165) is 48.7 Å². The standard InChI is InChI=1S/C16H28N4O/c1-10-13(17-5)19-15(16(2,3)4)20-14(10)18-11-6-8-12(21)9-7-11/h11-12,21H,6-9H2,1-5H3,(H2,17,18,19,20). The van der Waals surface area contributed by atoms with Crippen LogP contribution >= 0.6 is 0 Å². The molecular weight excluding hydrogens is 264 g/mol. The molecular formula is C16H28N4O. The Morgan fingerprint density at radius 3 is 2.14 bits per heavy atom. The van der Waals surface area contributed by atoms with Crippen LogP contribution < -0.4 is 10.6 Å². The van der Waals surface area contributed by atoms with E-state index in [4.69, 9.17) is 4.98 Å². The molecule has 3 N–H and O–H groups in total. The Morgan fingerprint density at radius 2 is 1.62 bits per heavy atom. The average molecular weight is 292 g/mol. The van der Waals surface area contributed by atoms with Gasteiger partial charge < -0.3 is 15.7 Å². The predicted molar refractivity (Wildman–Crippen MR) is 86.9 cm³/mol. The van der Waals surface area contributed by atoms with Crippen molar-refractivity contribution in [1.29, 1.82) is 0 Å². The van der Waals surface area contributed by atoms with Crippen LogP contribution in [0.15, 0.2) is 0 Å². The summed E-state index contributed by atoms with van der Waals surface area (Å²) < 4.78 is 0. The van der Waals surface area contributed by atoms with E-state index in [1.807, 2.05) is 14.0 Å². The third-order valence-electron chi connectivity index (χ3n) is 4.09. The number of aliphatic hydroxyl groups excluding tert-OH is 1. The second kappa shape index (κ2) is 6.18. The van der Waals surface area contributed by atoms with Crippen molar-refractivity contribution in [2.75, 3.05) is 17.7 Å². The Bertz CT molecular complexity index is 488. The zero-order valence-electron chi connectivity index (χ0n) is 13.8. The molecule has 5 heteroatoms. The molecule has 1 aromatic rings. The fourth-order valence-corrected chi connectivity index (χ4v) is 2.65. The maximum absolute atomic E-state index is 9.62. The SMILES string of the molecule is CNc1nc(C(C)(C)C)nc(NC2CCC(O)CC2)c1C. The molecule has 0 aromatic carbocycles. The molecule has 1 aromatic heterocycles. The third-order valence-corrected chi connectivity index (χ3v) is 4.09. The summed E-state index contributed by atoms with van der Waals surface area (Å²) >= 11 is 0. The van der Waals surface area contributed by atoms with Crippen molar-refractivity contribution in [3.8, 4) is 0 Å². The van der Waals surface area contributed by atoms with Crippen molar-refractivity contribution in [3.63, 3.8) is 0 Å². The molecule has 2 rings (SSSR count). The van der Waals surface area contributed by atoms with Crippen molar-refractivity contribution >= 4 is 11.6 Å². The van der Waals surface area contributed by atoms with Crippen LogP contribution in [0.3, 0.4) is 0 Å².